The number of pyridine rings is 1. The number of rotatable bonds is 2. The van der Waals surface area contributed by atoms with Gasteiger partial charge >= 0.3 is 6.03 Å². The lowest BCUT2D eigenvalue weighted by atomic mass is 9.84. The molecule has 0 radical (unpaired) electrons. The molecule has 3 amide bonds. The fraction of sp³-hybridized carbons (Fsp3) is 0.238. The largest absolute Gasteiger partial charge is 0.493 e. The van der Waals surface area contributed by atoms with Crippen molar-refractivity contribution in [2.75, 3.05) is 6.61 Å². The number of carbonyl (C=O) groups is 2. The predicted octanol–water partition coefficient (Wildman–Crippen LogP) is 1.73. The lowest BCUT2D eigenvalue weighted by Crippen LogP contribution is -2.47. The maximum Gasteiger partial charge on any atom is 0.325 e. The highest BCUT2D eigenvalue weighted by atomic mass is 16.5. The van der Waals surface area contributed by atoms with E-state index in [9.17, 15) is 14.4 Å². The van der Waals surface area contributed by atoms with Crippen LogP contribution in [0.4, 0.5) is 4.79 Å². The van der Waals surface area contributed by atoms with Crippen LogP contribution in [0.1, 0.15) is 23.2 Å². The third-order valence-electron chi connectivity index (χ3n) is 5.44. The summed E-state index contributed by atoms with van der Waals surface area (Å²) in [5.41, 5.74) is 1.01. The summed E-state index contributed by atoms with van der Waals surface area (Å²) in [6, 6.07) is 11.7. The maximum atomic E-state index is 13.3. The molecule has 1 saturated heterocycles. The Kier molecular flexibility index (Phi) is 3.70. The SMILES string of the molecule is Cc1ccc2nc(CN3C(=O)NC4(CCOc5ccccc54)C3=O)cc(=O)n2c1. The van der Waals surface area contributed by atoms with Crippen LogP contribution in [0.15, 0.2) is 53.5 Å². The van der Waals surface area contributed by atoms with Gasteiger partial charge in [0.25, 0.3) is 11.5 Å². The topological polar surface area (TPSA) is 93.0 Å². The van der Waals surface area contributed by atoms with E-state index in [1.807, 2.05) is 25.1 Å². The van der Waals surface area contributed by atoms with Gasteiger partial charge in [-0.2, -0.15) is 0 Å². The summed E-state index contributed by atoms with van der Waals surface area (Å²) >= 11 is 0. The lowest BCUT2D eigenvalue weighted by molar-refractivity contribution is -0.133. The number of fused-ring (bicyclic) bond motifs is 3. The van der Waals surface area contributed by atoms with Crippen LogP contribution in [-0.2, 0) is 16.9 Å². The number of nitrogens with zero attached hydrogens (tertiary/aromatic N) is 3. The van der Waals surface area contributed by atoms with E-state index in [1.54, 1.807) is 24.4 Å². The number of imide groups is 1. The molecule has 2 aliphatic heterocycles. The van der Waals surface area contributed by atoms with E-state index in [4.69, 9.17) is 4.74 Å². The number of hydrogen-bond donors (Lipinski definition) is 1. The van der Waals surface area contributed by atoms with Crippen LogP contribution in [0.3, 0.4) is 0 Å². The van der Waals surface area contributed by atoms with E-state index >= 15 is 0 Å². The Hall–Kier alpha value is -3.68. The van der Waals surface area contributed by atoms with Gasteiger partial charge in [0.1, 0.15) is 11.4 Å². The first-order valence-corrected chi connectivity index (χ1v) is 9.33. The molecule has 2 aliphatic rings. The third kappa shape index (κ3) is 2.60. The standard InChI is InChI=1S/C21H18N4O4/c1-13-6-7-17-22-14(10-18(26)24(17)11-13)12-25-19(27)21(23-20(25)28)8-9-29-16-5-3-2-4-15(16)21/h2-7,10-11H,8-9,12H2,1H3,(H,23,28). The summed E-state index contributed by atoms with van der Waals surface area (Å²) in [6.45, 7) is 2.14. The summed E-state index contributed by atoms with van der Waals surface area (Å²) in [7, 11) is 0. The summed E-state index contributed by atoms with van der Waals surface area (Å²) in [4.78, 5) is 44.1. The van der Waals surface area contributed by atoms with Crippen molar-refractivity contribution in [1.82, 2.24) is 19.6 Å². The minimum Gasteiger partial charge on any atom is -0.493 e. The van der Waals surface area contributed by atoms with E-state index in [-0.39, 0.29) is 18.0 Å². The summed E-state index contributed by atoms with van der Waals surface area (Å²) in [6.07, 6.45) is 2.05. The molecule has 1 spiro atoms. The number of benzene rings is 1. The molecule has 1 fully saturated rings. The van der Waals surface area contributed by atoms with Crippen LogP contribution in [0.2, 0.25) is 0 Å². The molecule has 4 heterocycles. The van der Waals surface area contributed by atoms with Crippen molar-refractivity contribution in [3.63, 3.8) is 0 Å². The number of urea groups is 1. The molecule has 1 N–H and O–H groups in total. The number of nitrogens with one attached hydrogen (secondary N) is 1. The van der Waals surface area contributed by atoms with Gasteiger partial charge in [0.05, 0.1) is 18.8 Å². The van der Waals surface area contributed by atoms with E-state index < -0.39 is 11.6 Å². The Labute approximate surface area is 165 Å². The fourth-order valence-corrected chi connectivity index (χ4v) is 4.02. The molecule has 0 bridgehead atoms. The zero-order valence-corrected chi connectivity index (χ0v) is 15.7. The number of aromatic nitrogens is 2. The van der Waals surface area contributed by atoms with E-state index in [0.29, 0.717) is 35.7 Å². The first-order valence-electron chi connectivity index (χ1n) is 9.33. The molecule has 3 aromatic rings. The molecule has 1 atom stereocenters. The summed E-state index contributed by atoms with van der Waals surface area (Å²) in [5, 5.41) is 2.85. The second-order valence-electron chi connectivity index (χ2n) is 7.34. The Bertz CT molecular complexity index is 1230. The second-order valence-corrected chi connectivity index (χ2v) is 7.34. The number of carbonyl (C=O) groups excluding carboxylic acids is 2. The highest BCUT2D eigenvalue weighted by Gasteiger charge is 2.54. The van der Waals surface area contributed by atoms with Gasteiger partial charge in [0.15, 0.2) is 5.54 Å². The average molecular weight is 390 g/mol. The van der Waals surface area contributed by atoms with Gasteiger partial charge in [-0.05, 0) is 24.6 Å². The molecule has 1 unspecified atom stereocenters. The minimum absolute atomic E-state index is 0.0743. The van der Waals surface area contributed by atoms with E-state index in [2.05, 4.69) is 10.3 Å². The van der Waals surface area contributed by atoms with Crippen LogP contribution in [-0.4, -0.2) is 32.8 Å². The van der Waals surface area contributed by atoms with Gasteiger partial charge in [0, 0.05) is 24.2 Å². The molecule has 0 saturated carbocycles. The molecule has 8 heteroatoms. The Balaban J connectivity index is 1.52. The first kappa shape index (κ1) is 17.4. The molecule has 29 heavy (non-hydrogen) atoms. The van der Waals surface area contributed by atoms with Crippen molar-refractivity contribution in [3.05, 3.63) is 75.8 Å². The van der Waals surface area contributed by atoms with Gasteiger partial charge in [-0.3, -0.25) is 18.9 Å². The Morgan fingerprint density at radius 1 is 1.17 bits per heavy atom. The maximum absolute atomic E-state index is 13.3. The average Bonchev–Trinajstić information content (AvgIpc) is 2.94. The third-order valence-corrected chi connectivity index (χ3v) is 5.44. The molecule has 146 valence electrons. The monoisotopic (exact) mass is 390 g/mol. The van der Waals surface area contributed by atoms with Crippen LogP contribution in [0.25, 0.3) is 5.65 Å². The Morgan fingerprint density at radius 3 is 2.86 bits per heavy atom. The van der Waals surface area contributed by atoms with Crippen LogP contribution < -0.4 is 15.6 Å². The van der Waals surface area contributed by atoms with Crippen LogP contribution in [0.5, 0.6) is 5.75 Å². The van der Waals surface area contributed by atoms with Gasteiger partial charge in [-0.15, -0.1) is 0 Å². The number of amides is 3. The second kappa shape index (κ2) is 6.16. The van der Waals surface area contributed by atoms with Crippen molar-refractivity contribution >= 4 is 17.6 Å². The number of ether oxygens (including phenoxy) is 1. The molecule has 8 nitrogen and oxygen atoms in total. The van der Waals surface area contributed by atoms with Crippen molar-refractivity contribution in [2.24, 2.45) is 0 Å². The zero-order chi connectivity index (χ0) is 20.2. The normalized spacial score (nSPS) is 20.7. The van der Waals surface area contributed by atoms with Crippen LogP contribution in [0, 0.1) is 6.92 Å². The number of aryl methyl sites for hydroxylation is 1. The highest BCUT2D eigenvalue weighted by Crippen LogP contribution is 2.41. The number of hydrogen-bond acceptors (Lipinski definition) is 5. The molecule has 0 aliphatic carbocycles. The molecular weight excluding hydrogens is 372 g/mol. The molecule has 1 aromatic carbocycles. The van der Waals surface area contributed by atoms with Crippen molar-refractivity contribution in [2.45, 2.75) is 25.4 Å². The van der Waals surface area contributed by atoms with Crippen molar-refractivity contribution in [1.29, 1.82) is 0 Å². The first-order chi connectivity index (χ1) is 14.0. The fourth-order valence-electron chi connectivity index (χ4n) is 4.02. The molecular formula is C21H18N4O4. The summed E-state index contributed by atoms with van der Waals surface area (Å²) < 4.78 is 7.09. The van der Waals surface area contributed by atoms with E-state index in [0.717, 1.165) is 10.5 Å². The lowest BCUT2D eigenvalue weighted by Gasteiger charge is -2.33. The molecule has 5 rings (SSSR count). The highest BCUT2D eigenvalue weighted by molar-refractivity contribution is 6.07. The smallest absolute Gasteiger partial charge is 0.325 e. The van der Waals surface area contributed by atoms with Gasteiger partial charge in [-0.25, -0.2) is 9.78 Å². The number of para-hydroxylation sites is 1. The van der Waals surface area contributed by atoms with Gasteiger partial charge in [0.2, 0.25) is 0 Å². The zero-order valence-electron chi connectivity index (χ0n) is 15.7. The quantitative estimate of drug-likeness (QED) is 0.673. The molecule has 2 aromatic heterocycles. The summed E-state index contributed by atoms with van der Waals surface area (Å²) in [5.74, 6) is 0.232. The predicted molar refractivity (Wildman–Crippen MR) is 104 cm³/mol. The van der Waals surface area contributed by atoms with Crippen molar-refractivity contribution < 1.29 is 14.3 Å². The van der Waals surface area contributed by atoms with E-state index in [1.165, 1.54) is 10.5 Å². The Morgan fingerprint density at radius 2 is 2.00 bits per heavy atom. The van der Waals surface area contributed by atoms with Gasteiger partial charge < -0.3 is 10.1 Å². The van der Waals surface area contributed by atoms with Gasteiger partial charge in [-0.1, -0.05) is 24.3 Å². The van der Waals surface area contributed by atoms with Crippen LogP contribution >= 0.6 is 0 Å². The van der Waals surface area contributed by atoms with Crippen molar-refractivity contribution in [3.8, 4) is 5.75 Å². The minimum atomic E-state index is -1.14.